The van der Waals surface area contributed by atoms with Crippen LogP contribution in [0.4, 0.5) is 17.1 Å². The Morgan fingerprint density at radius 2 is 0.861 bits per heavy atom. The maximum atomic E-state index is 13.0. The molecule has 9 heterocycles. The molecule has 0 atom stereocenters. The number of imidazole rings is 1. The smallest absolute Gasteiger partial charge is 0.291 e. The van der Waals surface area contributed by atoms with Crippen molar-refractivity contribution in [2.45, 2.75) is 0 Å². The normalized spacial score (nSPS) is 10.8. The molecular formula is C54H44N14O3Ru. The van der Waals surface area contributed by atoms with Gasteiger partial charge in [0.2, 0.25) is 0 Å². The number of nitrogens with one attached hydrogen (secondary N) is 4. The van der Waals surface area contributed by atoms with Gasteiger partial charge in [0.05, 0.1) is 51.1 Å². The standard InChI is InChI=1S/C30H28N10O3.2C12H8N2.Ru/c1-38-11-10-33-27(38)30(43)37-20-14-24(40(3)16-20)29(42)36-19-13-23(39(2)15-19)28(41)35-17-34-22-12-18-6-4-8-31-25(18)26-21(22)7-5-9-32-26;2*1-3-9-5-6-10-4-2-8-14-12(10)11(9)13-7-1;/h4-16,34H,17H2,1-3H3,(H,35,41)(H,36,42)(H,37,43);2*1-8H;. The van der Waals surface area contributed by atoms with Gasteiger partial charge in [-0.1, -0.05) is 54.6 Å². The van der Waals surface area contributed by atoms with Crippen molar-refractivity contribution in [2.75, 3.05) is 22.6 Å². The summed E-state index contributed by atoms with van der Waals surface area (Å²) >= 11 is 0. The number of nitrogens with zero attached hydrogens (tertiary/aromatic N) is 10. The maximum absolute atomic E-state index is 13.0. The summed E-state index contributed by atoms with van der Waals surface area (Å²) in [7, 11) is 5.15. The van der Waals surface area contributed by atoms with Crippen molar-refractivity contribution >= 4 is 100 Å². The fourth-order valence-electron chi connectivity index (χ4n) is 8.28. The molecule has 0 bridgehead atoms. The van der Waals surface area contributed by atoms with Gasteiger partial charge in [0, 0.05) is 141 Å². The fraction of sp³-hybridized carbons (Fsp3) is 0.0741. The van der Waals surface area contributed by atoms with Crippen molar-refractivity contribution in [3.63, 3.8) is 0 Å². The summed E-state index contributed by atoms with van der Waals surface area (Å²) in [6.45, 7) is 0.164. The van der Waals surface area contributed by atoms with E-state index in [1.165, 1.54) is 6.20 Å². The molecule has 12 rings (SSSR count). The van der Waals surface area contributed by atoms with E-state index in [-0.39, 0.29) is 43.8 Å². The van der Waals surface area contributed by atoms with Crippen LogP contribution in [0.1, 0.15) is 31.6 Å². The molecule has 0 saturated carbocycles. The summed E-state index contributed by atoms with van der Waals surface area (Å²) in [6, 6.07) is 37.1. The molecule has 3 aromatic carbocycles. The van der Waals surface area contributed by atoms with Gasteiger partial charge in [-0.25, -0.2) is 4.98 Å². The van der Waals surface area contributed by atoms with Gasteiger partial charge in [0.15, 0.2) is 5.82 Å². The number of fused-ring (bicyclic) bond motifs is 9. The number of rotatable bonds is 8. The second-order valence-corrected chi connectivity index (χ2v) is 16.4. The minimum absolute atomic E-state index is 0. The van der Waals surface area contributed by atoms with Gasteiger partial charge in [-0.3, -0.25) is 44.3 Å². The van der Waals surface area contributed by atoms with Crippen LogP contribution in [0.25, 0.3) is 65.4 Å². The first-order valence-corrected chi connectivity index (χ1v) is 22.4. The van der Waals surface area contributed by atoms with Crippen molar-refractivity contribution in [1.29, 1.82) is 0 Å². The third-order valence-corrected chi connectivity index (χ3v) is 11.7. The molecule has 356 valence electrons. The fourth-order valence-corrected chi connectivity index (χ4v) is 8.28. The first-order chi connectivity index (χ1) is 34.7. The number of aryl methyl sites for hydroxylation is 3. The van der Waals surface area contributed by atoms with Gasteiger partial charge in [0.25, 0.3) is 17.7 Å². The van der Waals surface area contributed by atoms with E-state index in [0.717, 1.165) is 71.1 Å². The maximum Gasteiger partial charge on any atom is 0.291 e. The predicted octanol–water partition coefficient (Wildman–Crippen LogP) is 9.06. The Bertz CT molecular complexity index is 3740. The molecule has 3 amide bonds. The van der Waals surface area contributed by atoms with Crippen molar-refractivity contribution in [1.82, 2.24) is 53.9 Å². The van der Waals surface area contributed by atoms with E-state index in [4.69, 9.17) is 0 Å². The Morgan fingerprint density at radius 3 is 1.33 bits per heavy atom. The van der Waals surface area contributed by atoms with Crippen LogP contribution in [0.5, 0.6) is 0 Å². The first-order valence-electron chi connectivity index (χ1n) is 22.4. The second kappa shape index (κ2) is 21.2. The van der Waals surface area contributed by atoms with Gasteiger partial charge < -0.3 is 35.0 Å². The number of carbonyl (C=O) groups is 3. The Kier molecular flexibility index (Phi) is 14.0. The monoisotopic (exact) mass is 1040 g/mol. The molecule has 0 radical (unpaired) electrons. The third-order valence-electron chi connectivity index (χ3n) is 11.7. The number of anilines is 3. The Hall–Kier alpha value is -9.28. The topological polar surface area (TPSA) is 204 Å². The van der Waals surface area contributed by atoms with Gasteiger partial charge in [-0.15, -0.1) is 0 Å². The third kappa shape index (κ3) is 10.1. The molecule has 12 aromatic rings. The summed E-state index contributed by atoms with van der Waals surface area (Å²) in [5, 5.41) is 18.1. The summed E-state index contributed by atoms with van der Waals surface area (Å²) in [4.78, 5) is 69.0. The Labute approximate surface area is 424 Å². The zero-order chi connectivity index (χ0) is 48.8. The number of carbonyl (C=O) groups excluding carboxylic acids is 3. The molecule has 0 unspecified atom stereocenters. The van der Waals surface area contributed by atoms with Crippen LogP contribution in [-0.4, -0.2) is 73.0 Å². The first kappa shape index (κ1) is 47.8. The van der Waals surface area contributed by atoms with Crippen LogP contribution in [-0.2, 0) is 40.6 Å². The molecule has 0 spiro atoms. The Balaban J connectivity index is 0.000000177. The van der Waals surface area contributed by atoms with Crippen LogP contribution in [0.2, 0.25) is 0 Å². The van der Waals surface area contributed by atoms with E-state index < -0.39 is 5.91 Å². The van der Waals surface area contributed by atoms with Crippen LogP contribution in [0.3, 0.4) is 0 Å². The van der Waals surface area contributed by atoms with Crippen LogP contribution in [0, 0.1) is 0 Å². The summed E-state index contributed by atoms with van der Waals surface area (Å²) < 4.78 is 4.84. The number of hydrogen-bond acceptors (Lipinski definition) is 11. The molecule has 17 nitrogen and oxygen atoms in total. The Morgan fingerprint density at radius 1 is 0.444 bits per heavy atom. The largest absolute Gasteiger partial charge is 0.367 e. The quantitative estimate of drug-likeness (QED) is 0.0642. The van der Waals surface area contributed by atoms with Crippen LogP contribution >= 0.6 is 0 Å². The van der Waals surface area contributed by atoms with Crippen molar-refractivity contribution in [2.24, 2.45) is 21.1 Å². The zero-order valence-electron chi connectivity index (χ0n) is 39.0. The van der Waals surface area contributed by atoms with Crippen LogP contribution in [0.15, 0.2) is 177 Å². The van der Waals surface area contributed by atoms with E-state index >= 15 is 0 Å². The van der Waals surface area contributed by atoms with Crippen molar-refractivity contribution in [3.05, 3.63) is 194 Å². The average Bonchev–Trinajstić information content (AvgIpc) is 4.13. The molecule has 0 fully saturated rings. The van der Waals surface area contributed by atoms with Crippen LogP contribution < -0.4 is 21.3 Å². The van der Waals surface area contributed by atoms with E-state index in [0.29, 0.717) is 22.8 Å². The zero-order valence-corrected chi connectivity index (χ0v) is 40.7. The molecule has 4 N–H and O–H groups in total. The summed E-state index contributed by atoms with van der Waals surface area (Å²) in [6.07, 6.45) is 17.2. The summed E-state index contributed by atoms with van der Waals surface area (Å²) in [5.74, 6) is -0.857. The number of amides is 3. The molecule has 9 aromatic heterocycles. The number of pyridine rings is 6. The van der Waals surface area contributed by atoms with Gasteiger partial charge in [-0.2, -0.15) is 0 Å². The average molecular weight is 1040 g/mol. The number of aromatic nitrogens is 10. The molecule has 0 saturated heterocycles. The molecule has 72 heavy (non-hydrogen) atoms. The van der Waals surface area contributed by atoms with E-state index in [1.54, 1.807) is 103 Å². The van der Waals surface area contributed by atoms with Gasteiger partial charge >= 0.3 is 0 Å². The van der Waals surface area contributed by atoms with Crippen molar-refractivity contribution < 1.29 is 33.9 Å². The van der Waals surface area contributed by atoms with E-state index in [1.807, 2.05) is 54.6 Å². The predicted molar refractivity (Wildman–Crippen MR) is 277 cm³/mol. The minimum Gasteiger partial charge on any atom is -0.367 e. The molecule has 0 aliphatic heterocycles. The van der Waals surface area contributed by atoms with Gasteiger partial charge in [-0.05, 0) is 60.7 Å². The van der Waals surface area contributed by atoms with E-state index in [2.05, 4.69) is 105 Å². The molecular weight excluding hydrogens is 994 g/mol. The molecule has 0 aliphatic rings. The molecule has 0 aliphatic carbocycles. The van der Waals surface area contributed by atoms with Gasteiger partial charge in [0.1, 0.15) is 11.4 Å². The minimum atomic E-state index is -0.398. The molecule has 18 heteroatoms. The SMILES string of the molecule is Cn1cc(NC(=O)c2cc(NC(=O)c3nccn3C)cn2C)cc1C(=O)NCNc1cc2cccnc2c2ncccc12.[Ru].c1cnc2c(c1)ccc1cccnc12.c1cnc2c(c1)ccc1cccnc12. The second-order valence-electron chi connectivity index (χ2n) is 16.4. The van der Waals surface area contributed by atoms with Crippen molar-refractivity contribution in [3.8, 4) is 0 Å². The van der Waals surface area contributed by atoms with E-state index in [9.17, 15) is 14.4 Å². The summed E-state index contributed by atoms with van der Waals surface area (Å²) in [5.41, 5.74) is 7.90. The number of benzene rings is 3. The number of hydrogen-bond donors (Lipinski definition) is 4.